The van der Waals surface area contributed by atoms with Gasteiger partial charge in [0.25, 0.3) is 0 Å². The lowest BCUT2D eigenvalue weighted by Gasteiger charge is -2.12. The zero-order chi connectivity index (χ0) is 14.7. The maximum absolute atomic E-state index is 13.7. The van der Waals surface area contributed by atoms with Crippen molar-refractivity contribution in [1.82, 2.24) is 0 Å². The Morgan fingerprint density at radius 1 is 1.25 bits per heavy atom. The Morgan fingerprint density at radius 3 is 2.65 bits per heavy atom. The highest BCUT2D eigenvalue weighted by Crippen LogP contribution is 2.24. The highest BCUT2D eigenvalue weighted by molar-refractivity contribution is 6.35. The summed E-state index contributed by atoms with van der Waals surface area (Å²) in [7, 11) is 0. The van der Waals surface area contributed by atoms with E-state index in [9.17, 15) is 4.39 Å². The molecule has 0 aromatic heterocycles. The Balaban J connectivity index is 2.23. The van der Waals surface area contributed by atoms with Gasteiger partial charge in [-0.25, -0.2) is 4.39 Å². The minimum absolute atomic E-state index is 0.276. The molecule has 0 bridgehead atoms. The van der Waals surface area contributed by atoms with Crippen molar-refractivity contribution >= 4 is 28.9 Å². The van der Waals surface area contributed by atoms with Crippen LogP contribution in [0.2, 0.25) is 10.0 Å². The Bertz CT molecular complexity index is 693. The highest BCUT2D eigenvalue weighted by atomic mass is 35.5. The van der Waals surface area contributed by atoms with Gasteiger partial charge in [-0.2, -0.15) is 5.26 Å². The lowest BCUT2D eigenvalue weighted by Crippen LogP contribution is -2.03. The molecular formula is C15H11Cl2FN2. The van der Waals surface area contributed by atoms with E-state index in [2.05, 4.69) is 5.32 Å². The second kappa shape index (κ2) is 6.13. The zero-order valence-corrected chi connectivity index (χ0v) is 12.2. The Kier molecular flexibility index (Phi) is 4.49. The molecule has 2 aromatic rings. The van der Waals surface area contributed by atoms with Gasteiger partial charge in [0.05, 0.1) is 11.6 Å². The minimum Gasteiger partial charge on any atom is -0.381 e. The van der Waals surface area contributed by atoms with Crippen molar-refractivity contribution in [3.8, 4) is 6.07 Å². The maximum Gasteiger partial charge on any atom is 0.129 e. The summed E-state index contributed by atoms with van der Waals surface area (Å²) < 4.78 is 13.7. The predicted molar refractivity (Wildman–Crippen MR) is 79.6 cm³/mol. The molecule has 5 heteroatoms. The van der Waals surface area contributed by atoms with Crippen molar-refractivity contribution in [3.63, 3.8) is 0 Å². The van der Waals surface area contributed by atoms with Crippen LogP contribution in [0.1, 0.15) is 16.7 Å². The summed E-state index contributed by atoms with van der Waals surface area (Å²) in [5.41, 5.74) is 2.16. The molecular weight excluding hydrogens is 298 g/mol. The molecule has 0 radical (unpaired) electrons. The van der Waals surface area contributed by atoms with Crippen LogP contribution in [-0.4, -0.2) is 0 Å². The molecule has 2 aromatic carbocycles. The van der Waals surface area contributed by atoms with Crippen LogP contribution in [0.15, 0.2) is 30.3 Å². The van der Waals surface area contributed by atoms with Crippen molar-refractivity contribution < 1.29 is 4.39 Å². The monoisotopic (exact) mass is 308 g/mol. The second-order valence-electron chi connectivity index (χ2n) is 4.33. The molecule has 0 aliphatic carbocycles. The third-order valence-electron chi connectivity index (χ3n) is 2.96. The van der Waals surface area contributed by atoms with Gasteiger partial charge in [-0.3, -0.25) is 0 Å². The normalized spacial score (nSPS) is 10.2. The topological polar surface area (TPSA) is 35.8 Å². The summed E-state index contributed by atoms with van der Waals surface area (Å²) in [4.78, 5) is 0. The molecule has 2 rings (SSSR count). The van der Waals surface area contributed by atoms with E-state index in [1.807, 2.05) is 6.07 Å². The molecule has 0 aliphatic rings. The average Bonchev–Trinajstić information content (AvgIpc) is 2.41. The summed E-state index contributed by atoms with van der Waals surface area (Å²) in [6.07, 6.45) is 0. The molecule has 20 heavy (non-hydrogen) atoms. The van der Waals surface area contributed by atoms with Gasteiger partial charge in [-0.15, -0.1) is 0 Å². The molecule has 102 valence electrons. The number of anilines is 1. The molecule has 0 amide bonds. The fourth-order valence-corrected chi connectivity index (χ4v) is 2.26. The number of hydrogen-bond acceptors (Lipinski definition) is 2. The molecule has 0 saturated carbocycles. The third-order valence-corrected chi connectivity index (χ3v) is 3.54. The predicted octanol–water partition coefficient (Wildman–Crippen LogP) is 4.92. The molecule has 0 unspecified atom stereocenters. The molecule has 0 saturated heterocycles. The average molecular weight is 309 g/mol. The number of nitrogens with one attached hydrogen (secondary N) is 1. The molecule has 0 atom stereocenters. The molecule has 0 fully saturated rings. The van der Waals surface area contributed by atoms with Crippen molar-refractivity contribution in [2.45, 2.75) is 13.5 Å². The van der Waals surface area contributed by atoms with Crippen LogP contribution in [-0.2, 0) is 6.54 Å². The largest absolute Gasteiger partial charge is 0.381 e. The van der Waals surface area contributed by atoms with Crippen LogP contribution in [0, 0.1) is 24.1 Å². The van der Waals surface area contributed by atoms with Gasteiger partial charge in [0.15, 0.2) is 0 Å². The van der Waals surface area contributed by atoms with E-state index in [1.165, 1.54) is 6.07 Å². The van der Waals surface area contributed by atoms with Crippen molar-refractivity contribution in [2.75, 3.05) is 5.32 Å². The van der Waals surface area contributed by atoms with E-state index in [4.69, 9.17) is 28.5 Å². The van der Waals surface area contributed by atoms with Crippen LogP contribution in [0.5, 0.6) is 0 Å². The van der Waals surface area contributed by atoms with Crippen LogP contribution in [0.25, 0.3) is 0 Å². The Labute approximate surface area is 126 Å². The third kappa shape index (κ3) is 3.22. The minimum atomic E-state index is -0.409. The first-order valence-electron chi connectivity index (χ1n) is 5.89. The van der Waals surface area contributed by atoms with Crippen LogP contribution < -0.4 is 5.32 Å². The maximum atomic E-state index is 13.7. The first kappa shape index (κ1) is 14.6. The summed E-state index contributed by atoms with van der Waals surface area (Å²) >= 11 is 11.9. The van der Waals surface area contributed by atoms with E-state index in [0.717, 1.165) is 5.56 Å². The summed E-state index contributed by atoms with van der Waals surface area (Å²) in [6, 6.07) is 9.96. The lowest BCUT2D eigenvalue weighted by atomic mass is 10.1. The zero-order valence-electron chi connectivity index (χ0n) is 10.7. The fourth-order valence-electron chi connectivity index (χ4n) is 1.78. The van der Waals surface area contributed by atoms with Gasteiger partial charge in [-0.1, -0.05) is 29.3 Å². The molecule has 2 nitrogen and oxygen atoms in total. The van der Waals surface area contributed by atoms with E-state index < -0.39 is 5.82 Å². The number of rotatable bonds is 3. The molecule has 1 N–H and O–H groups in total. The number of benzene rings is 2. The SMILES string of the molecule is Cc1c(F)cc(C#N)cc1NCc1ccc(Cl)cc1Cl. The van der Waals surface area contributed by atoms with Crippen LogP contribution in [0.3, 0.4) is 0 Å². The van der Waals surface area contributed by atoms with E-state index in [1.54, 1.807) is 31.2 Å². The lowest BCUT2D eigenvalue weighted by molar-refractivity contribution is 0.618. The van der Waals surface area contributed by atoms with E-state index in [-0.39, 0.29) is 5.56 Å². The Morgan fingerprint density at radius 2 is 2.00 bits per heavy atom. The van der Waals surface area contributed by atoms with Gasteiger partial charge < -0.3 is 5.32 Å². The first-order chi connectivity index (χ1) is 9.51. The molecule has 0 spiro atoms. The van der Waals surface area contributed by atoms with Gasteiger partial charge in [0.1, 0.15) is 5.82 Å². The quantitative estimate of drug-likeness (QED) is 0.873. The van der Waals surface area contributed by atoms with E-state index in [0.29, 0.717) is 27.8 Å². The number of halogens is 3. The summed E-state index contributed by atoms with van der Waals surface area (Å²) in [6.45, 7) is 2.08. The van der Waals surface area contributed by atoms with Crippen molar-refractivity contribution in [2.24, 2.45) is 0 Å². The van der Waals surface area contributed by atoms with Gasteiger partial charge in [-0.05, 0) is 36.8 Å². The smallest absolute Gasteiger partial charge is 0.129 e. The van der Waals surface area contributed by atoms with Gasteiger partial charge >= 0.3 is 0 Å². The van der Waals surface area contributed by atoms with Gasteiger partial charge in [0, 0.05) is 27.8 Å². The fraction of sp³-hybridized carbons (Fsp3) is 0.133. The second-order valence-corrected chi connectivity index (χ2v) is 5.18. The first-order valence-corrected chi connectivity index (χ1v) is 6.65. The van der Waals surface area contributed by atoms with Crippen LogP contribution >= 0.6 is 23.2 Å². The molecule has 0 aliphatic heterocycles. The van der Waals surface area contributed by atoms with E-state index >= 15 is 0 Å². The van der Waals surface area contributed by atoms with Gasteiger partial charge in [0.2, 0.25) is 0 Å². The highest BCUT2D eigenvalue weighted by Gasteiger charge is 2.08. The summed E-state index contributed by atoms with van der Waals surface area (Å²) in [5, 5.41) is 13.0. The standard InChI is InChI=1S/C15H11Cl2FN2/c1-9-14(18)4-10(7-19)5-15(9)20-8-11-2-3-12(16)6-13(11)17/h2-6,20H,8H2,1H3. The number of hydrogen-bond donors (Lipinski definition) is 1. The van der Waals surface area contributed by atoms with Crippen molar-refractivity contribution in [1.29, 1.82) is 5.26 Å². The van der Waals surface area contributed by atoms with Crippen molar-refractivity contribution in [3.05, 3.63) is 62.9 Å². The number of nitriles is 1. The Hall–Kier alpha value is -1.76. The summed E-state index contributed by atoms with van der Waals surface area (Å²) in [5.74, 6) is -0.409. The van der Waals surface area contributed by atoms with Crippen LogP contribution in [0.4, 0.5) is 10.1 Å². The number of nitrogens with zero attached hydrogens (tertiary/aromatic N) is 1. The molecule has 0 heterocycles.